The lowest BCUT2D eigenvalue weighted by atomic mass is 10.1. The van der Waals surface area contributed by atoms with E-state index in [1.54, 1.807) is 33.5 Å². The van der Waals surface area contributed by atoms with E-state index in [4.69, 9.17) is 23.4 Å². The molecule has 3 rings (SSSR count). The van der Waals surface area contributed by atoms with Gasteiger partial charge in [-0.25, -0.2) is 0 Å². The first kappa shape index (κ1) is 19.6. The third kappa shape index (κ3) is 4.38. The molecule has 28 heavy (non-hydrogen) atoms. The van der Waals surface area contributed by atoms with Gasteiger partial charge in [-0.1, -0.05) is 0 Å². The third-order valence-electron chi connectivity index (χ3n) is 4.37. The molecule has 2 aromatic rings. The Kier molecular flexibility index (Phi) is 6.40. The number of methoxy groups -OCH3 is 3. The second-order valence-corrected chi connectivity index (χ2v) is 6.15. The largest absolute Gasteiger partial charge is 0.493 e. The molecule has 1 aliphatic heterocycles. The maximum absolute atomic E-state index is 9.29. The van der Waals surface area contributed by atoms with Crippen LogP contribution in [0.25, 0.3) is 12.2 Å². The monoisotopic (exact) mass is 385 g/mol. The van der Waals surface area contributed by atoms with Gasteiger partial charge in [-0.05, 0) is 36.6 Å². The minimum absolute atomic E-state index is 0.134. The van der Waals surface area contributed by atoms with Crippen molar-refractivity contribution < 1.29 is 23.4 Å². The molecule has 1 unspecified atom stereocenters. The van der Waals surface area contributed by atoms with Gasteiger partial charge < -0.3 is 28.7 Å². The van der Waals surface area contributed by atoms with Crippen molar-refractivity contribution in [2.75, 3.05) is 39.8 Å². The smallest absolute Gasteiger partial charge is 0.232 e. The molecule has 0 spiro atoms. The lowest BCUT2D eigenvalue weighted by Crippen LogP contribution is -2.18. The van der Waals surface area contributed by atoms with Crippen molar-refractivity contribution >= 4 is 18.0 Å². The summed E-state index contributed by atoms with van der Waals surface area (Å²) in [6.45, 7) is 1.36. The number of nitriles is 1. The number of nitrogens with one attached hydrogen (secondary N) is 1. The van der Waals surface area contributed by atoms with E-state index in [0.29, 0.717) is 35.6 Å². The van der Waals surface area contributed by atoms with E-state index in [1.165, 1.54) is 0 Å². The Morgan fingerprint density at radius 2 is 1.96 bits per heavy atom. The van der Waals surface area contributed by atoms with Crippen LogP contribution in [0.1, 0.15) is 30.0 Å². The van der Waals surface area contributed by atoms with Crippen molar-refractivity contribution in [2.45, 2.75) is 18.9 Å². The molecule has 8 heteroatoms. The summed E-state index contributed by atoms with van der Waals surface area (Å²) < 4.78 is 27.3. The molecule has 1 aromatic heterocycles. The lowest BCUT2D eigenvalue weighted by Gasteiger charge is -2.12. The zero-order chi connectivity index (χ0) is 19.9. The molecule has 0 amide bonds. The van der Waals surface area contributed by atoms with Gasteiger partial charge in [-0.15, -0.1) is 0 Å². The van der Waals surface area contributed by atoms with E-state index < -0.39 is 0 Å². The van der Waals surface area contributed by atoms with Gasteiger partial charge in [0.1, 0.15) is 6.07 Å². The molecule has 1 aliphatic rings. The highest BCUT2D eigenvalue weighted by Gasteiger charge is 2.18. The first-order chi connectivity index (χ1) is 13.7. The molecule has 1 fully saturated rings. The number of rotatable bonds is 8. The zero-order valence-corrected chi connectivity index (χ0v) is 16.2. The van der Waals surface area contributed by atoms with Crippen LogP contribution in [-0.2, 0) is 4.74 Å². The fraction of sp³-hybridized carbons (Fsp3) is 0.400. The number of aromatic nitrogens is 1. The molecule has 1 N–H and O–H groups in total. The van der Waals surface area contributed by atoms with Crippen molar-refractivity contribution in [3.8, 4) is 23.3 Å². The van der Waals surface area contributed by atoms with Crippen LogP contribution in [0, 0.1) is 11.3 Å². The van der Waals surface area contributed by atoms with Crippen LogP contribution < -0.4 is 19.5 Å². The average molecular weight is 385 g/mol. The second kappa shape index (κ2) is 9.15. The summed E-state index contributed by atoms with van der Waals surface area (Å²) in [5, 5.41) is 12.4. The molecule has 0 saturated carbocycles. The van der Waals surface area contributed by atoms with E-state index in [-0.39, 0.29) is 11.8 Å². The Bertz CT molecular complexity index is 853. The van der Waals surface area contributed by atoms with E-state index in [0.717, 1.165) is 25.0 Å². The van der Waals surface area contributed by atoms with Crippen LogP contribution in [0.5, 0.6) is 17.2 Å². The number of ether oxygens (including phenoxy) is 4. The van der Waals surface area contributed by atoms with Gasteiger partial charge in [-0.2, -0.15) is 10.2 Å². The summed E-state index contributed by atoms with van der Waals surface area (Å²) >= 11 is 0. The highest BCUT2D eigenvalue weighted by Crippen LogP contribution is 2.38. The average Bonchev–Trinajstić information content (AvgIpc) is 3.39. The van der Waals surface area contributed by atoms with Gasteiger partial charge in [0.2, 0.25) is 23.2 Å². The number of benzene rings is 1. The summed E-state index contributed by atoms with van der Waals surface area (Å²) in [4.78, 5) is 4.20. The molecular weight excluding hydrogens is 362 g/mol. The number of hydrogen-bond donors (Lipinski definition) is 1. The first-order valence-electron chi connectivity index (χ1n) is 8.93. The summed E-state index contributed by atoms with van der Waals surface area (Å²) in [6, 6.07) is 5.66. The Balaban J connectivity index is 1.77. The second-order valence-electron chi connectivity index (χ2n) is 6.15. The van der Waals surface area contributed by atoms with Crippen LogP contribution in [0.4, 0.5) is 5.88 Å². The molecular formula is C20H23N3O5. The third-order valence-corrected chi connectivity index (χ3v) is 4.37. The lowest BCUT2D eigenvalue weighted by molar-refractivity contribution is 0.120. The van der Waals surface area contributed by atoms with Gasteiger partial charge in [0.25, 0.3) is 0 Å². The Morgan fingerprint density at radius 1 is 1.21 bits per heavy atom. The maximum atomic E-state index is 9.29. The van der Waals surface area contributed by atoms with E-state index in [9.17, 15) is 5.26 Å². The van der Waals surface area contributed by atoms with Gasteiger partial charge in [0.15, 0.2) is 11.5 Å². The van der Waals surface area contributed by atoms with Crippen LogP contribution in [0.2, 0.25) is 0 Å². The van der Waals surface area contributed by atoms with Crippen LogP contribution >= 0.6 is 0 Å². The van der Waals surface area contributed by atoms with Crippen molar-refractivity contribution in [3.63, 3.8) is 0 Å². The Labute approximate surface area is 163 Å². The van der Waals surface area contributed by atoms with Crippen molar-refractivity contribution in [1.29, 1.82) is 5.26 Å². The number of hydrogen-bond acceptors (Lipinski definition) is 8. The summed E-state index contributed by atoms with van der Waals surface area (Å²) in [6.07, 6.45) is 5.66. The molecule has 1 aromatic carbocycles. The predicted octanol–water partition coefficient (Wildman–Crippen LogP) is 3.33. The zero-order valence-electron chi connectivity index (χ0n) is 16.2. The minimum Gasteiger partial charge on any atom is -0.493 e. The Hall–Kier alpha value is -3.18. The fourth-order valence-corrected chi connectivity index (χ4v) is 2.98. The van der Waals surface area contributed by atoms with Crippen molar-refractivity contribution in [1.82, 2.24) is 4.98 Å². The SMILES string of the molecule is COc1cc(C=Cc2nc(C#N)c(NCC3CCCO3)o2)cc(OC)c1OC. The highest BCUT2D eigenvalue weighted by molar-refractivity contribution is 5.71. The molecule has 148 valence electrons. The quantitative estimate of drug-likeness (QED) is 0.739. The summed E-state index contributed by atoms with van der Waals surface area (Å²) in [7, 11) is 4.67. The minimum atomic E-state index is 0.134. The van der Waals surface area contributed by atoms with E-state index >= 15 is 0 Å². The first-order valence-corrected chi connectivity index (χ1v) is 8.93. The number of oxazole rings is 1. The number of anilines is 1. The highest BCUT2D eigenvalue weighted by atomic mass is 16.5. The predicted molar refractivity (Wildman–Crippen MR) is 104 cm³/mol. The van der Waals surface area contributed by atoms with Crippen LogP contribution in [0.3, 0.4) is 0 Å². The van der Waals surface area contributed by atoms with Crippen molar-refractivity contribution in [2.24, 2.45) is 0 Å². The van der Waals surface area contributed by atoms with Gasteiger partial charge >= 0.3 is 0 Å². The fourth-order valence-electron chi connectivity index (χ4n) is 2.98. The van der Waals surface area contributed by atoms with Gasteiger partial charge in [0, 0.05) is 19.2 Å². The molecule has 0 aliphatic carbocycles. The van der Waals surface area contributed by atoms with Crippen molar-refractivity contribution in [3.05, 3.63) is 29.3 Å². The summed E-state index contributed by atoms with van der Waals surface area (Å²) in [5.41, 5.74) is 1.02. The molecule has 1 saturated heterocycles. The topological polar surface area (TPSA) is 98.8 Å². The van der Waals surface area contributed by atoms with E-state index in [1.807, 2.05) is 18.2 Å². The summed E-state index contributed by atoms with van der Waals surface area (Å²) in [5.74, 6) is 2.28. The molecule has 2 heterocycles. The molecule has 0 bridgehead atoms. The van der Waals surface area contributed by atoms with Crippen LogP contribution in [-0.4, -0.2) is 45.6 Å². The maximum Gasteiger partial charge on any atom is 0.232 e. The molecule has 1 atom stereocenters. The normalized spacial score (nSPS) is 16.1. The standard InChI is InChI=1S/C20H23N3O5/c1-24-16-9-13(10-17(25-2)19(16)26-3)6-7-18-23-15(11-21)20(28-18)22-12-14-5-4-8-27-14/h6-7,9-10,14,22H,4-5,8,12H2,1-3H3. The molecule has 0 radical (unpaired) electrons. The van der Waals surface area contributed by atoms with Gasteiger partial charge in [-0.3, -0.25) is 0 Å². The number of nitrogens with zero attached hydrogens (tertiary/aromatic N) is 2. The van der Waals surface area contributed by atoms with Gasteiger partial charge in [0.05, 0.1) is 27.4 Å². The Morgan fingerprint density at radius 3 is 2.54 bits per heavy atom. The van der Waals surface area contributed by atoms with E-state index in [2.05, 4.69) is 10.3 Å². The van der Waals surface area contributed by atoms with Crippen LogP contribution in [0.15, 0.2) is 16.5 Å². The molecule has 8 nitrogen and oxygen atoms in total.